The summed E-state index contributed by atoms with van der Waals surface area (Å²) in [5, 5.41) is 7.50. The van der Waals surface area contributed by atoms with Crippen LogP contribution in [0.4, 0.5) is 4.39 Å². The molecule has 1 aromatic heterocycles. The summed E-state index contributed by atoms with van der Waals surface area (Å²) in [5.41, 5.74) is 0.760. The fourth-order valence-electron chi connectivity index (χ4n) is 3.13. The fourth-order valence-corrected chi connectivity index (χ4v) is 3.13. The first-order valence-electron chi connectivity index (χ1n) is 7.95. The molecule has 1 saturated carbocycles. The monoisotopic (exact) mass is 303 g/mol. The summed E-state index contributed by atoms with van der Waals surface area (Å²) < 4.78 is 18.2. The molecule has 3 atom stereocenters. The molecule has 4 nitrogen and oxygen atoms in total. The highest BCUT2D eigenvalue weighted by atomic mass is 19.1. The number of benzene rings is 1. The molecule has 118 valence electrons. The molecule has 0 aliphatic heterocycles. The highest BCUT2D eigenvalue weighted by Gasteiger charge is 2.26. The highest BCUT2D eigenvalue weighted by Crippen LogP contribution is 2.29. The molecule has 3 rings (SSSR count). The zero-order valence-corrected chi connectivity index (χ0v) is 13.1. The molecule has 2 aromatic rings. The second-order valence-electron chi connectivity index (χ2n) is 6.27. The molecule has 1 heterocycles. The van der Waals surface area contributed by atoms with Crippen molar-refractivity contribution < 1.29 is 8.91 Å². The number of nitrogens with zero attached hydrogens (tertiary/aromatic N) is 2. The van der Waals surface area contributed by atoms with E-state index >= 15 is 0 Å². The van der Waals surface area contributed by atoms with Gasteiger partial charge in [-0.1, -0.05) is 31.8 Å². The Morgan fingerprint density at radius 3 is 2.77 bits per heavy atom. The van der Waals surface area contributed by atoms with E-state index in [-0.39, 0.29) is 5.82 Å². The maximum atomic E-state index is 12.9. The highest BCUT2D eigenvalue weighted by molar-refractivity contribution is 5.53. The molecule has 1 N–H and O–H groups in total. The van der Waals surface area contributed by atoms with E-state index in [2.05, 4.69) is 29.3 Å². The molecule has 3 unspecified atom stereocenters. The first-order chi connectivity index (χ1) is 10.6. The standard InChI is InChI=1S/C17H22FN3O/c1-11-4-3-5-15(12(11)2)19-10-16-20-17(21-22-16)13-6-8-14(18)9-7-13/h6-9,11-12,15,19H,3-5,10H2,1-2H3. The van der Waals surface area contributed by atoms with Crippen LogP contribution in [-0.4, -0.2) is 16.2 Å². The largest absolute Gasteiger partial charge is 0.338 e. The maximum Gasteiger partial charge on any atom is 0.240 e. The predicted octanol–water partition coefficient (Wildman–Crippen LogP) is 3.79. The summed E-state index contributed by atoms with van der Waals surface area (Å²) >= 11 is 0. The quantitative estimate of drug-likeness (QED) is 0.933. The summed E-state index contributed by atoms with van der Waals surface area (Å²) in [7, 11) is 0. The maximum absolute atomic E-state index is 12.9. The van der Waals surface area contributed by atoms with Gasteiger partial charge in [0.1, 0.15) is 5.82 Å². The summed E-state index contributed by atoms with van der Waals surface area (Å²) in [6.07, 6.45) is 3.78. The second kappa shape index (κ2) is 6.57. The van der Waals surface area contributed by atoms with Crippen molar-refractivity contribution in [2.75, 3.05) is 0 Å². The molecule has 0 saturated heterocycles. The van der Waals surface area contributed by atoms with Gasteiger partial charge in [-0.2, -0.15) is 4.98 Å². The van der Waals surface area contributed by atoms with Gasteiger partial charge in [-0.3, -0.25) is 0 Å². The average molecular weight is 303 g/mol. The second-order valence-corrected chi connectivity index (χ2v) is 6.27. The van der Waals surface area contributed by atoms with Crippen molar-refractivity contribution in [1.82, 2.24) is 15.5 Å². The SMILES string of the molecule is CC1CCCC(NCc2nc(-c3ccc(F)cc3)no2)C1C. The van der Waals surface area contributed by atoms with Gasteiger partial charge in [0.05, 0.1) is 6.54 Å². The Morgan fingerprint density at radius 2 is 2.00 bits per heavy atom. The molecule has 1 fully saturated rings. The van der Waals surface area contributed by atoms with Crippen molar-refractivity contribution in [3.05, 3.63) is 36.0 Å². The van der Waals surface area contributed by atoms with Crippen molar-refractivity contribution >= 4 is 0 Å². The van der Waals surface area contributed by atoms with Crippen LogP contribution >= 0.6 is 0 Å². The number of rotatable bonds is 4. The van der Waals surface area contributed by atoms with Gasteiger partial charge in [0, 0.05) is 11.6 Å². The van der Waals surface area contributed by atoms with Crippen molar-refractivity contribution in [3.63, 3.8) is 0 Å². The molecular formula is C17H22FN3O. The van der Waals surface area contributed by atoms with Gasteiger partial charge in [0.2, 0.25) is 11.7 Å². The third-order valence-corrected chi connectivity index (χ3v) is 4.79. The molecule has 1 aromatic carbocycles. The van der Waals surface area contributed by atoms with Crippen LogP contribution in [0.5, 0.6) is 0 Å². The Bertz CT molecular complexity index is 611. The lowest BCUT2D eigenvalue weighted by molar-refractivity contribution is 0.200. The Morgan fingerprint density at radius 1 is 1.23 bits per heavy atom. The van der Waals surface area contributed by atoms with Gasteiger partial charge in [-0.25, -0.2) is 4.39 Å². The number of aromatic nitrogens is 2. The van der Waals surface area contributed by atoms with Gasteiger partial charge in [-0.05, 0) is 42.5 Å². The lowest BCUT2D eigenvalue weighted by Crippen LogP contribution is -2.40. The Kier molecular flexibility index (Phi) is 4.52. The summed E-state index contributed by atoms with van der Waals surface area (Å²) in [5.74, 6) is 2.22. The number of hydrogen-bond acceptors (Lipinski definition) is 4. The van der Waals surface area contributed by atoms with Gasteiger partial charge in [0.15, 0.2) is 0 Å². The molecule has 0 amide bonds. The van der Waals surface area contributed by atoms with Crippen molar-refractivity contribution in [2.24, 2.45) is 11.8 Å². The minimum absolute atomic E-state index is 0.269. The molecular weight excluding hydrogens is 281 g/mol. The minimum Gasteiger partial charge on any atom is -0.338 e. The topological polar surface area (TPSA) is 51.0 Å². The molecule has 5 heteroatoms. The van der Waals surface area contributed by atoms with Gasteiger partial charge >= 0.3 is 0 Å². The average Bonchev–Trinajstić information content (AvgIpc) is 2.98. The van der Waals surface area contributed by atoms with Crippen LogP contribution in [-0.2, 0) is 6.54 Å². The van der Waals surface area contributed by atoms with Crippen molar-refractivity contribution in [3.8, 4) is 11.4 Å². The van der Waals surface area contributed by atoms with Crippen LogP contribution in [0, 0.1) is 17.7 Å². The smallest absolute Gasteiger partial charge is 0.240 e. The normalized spacial score (nSPS) is 25.3. The van der Waals surface area contributed by atoms with E-state index < -0.39 is 0 Å². The third kappa shape index (κ3) is 3.35. The lowest BCUT2D eigenvalue weighted by Gasteiger charge is -2.34. The van der Waals surface area contributed by atoms with E-state index in [1.54, 1.807) is 12.1 Å². The van der Waals surface area contributed by atoms with E-state index in [1.807, 2.05) is 0 Å². The van der Waals surface area contributed by atoms with E-state index in [4.69, 9.17) is 4.52 Å². The summed E-state index contributed by atoms with van der Waals surface area (Å²) in [4.78, 5) is 4.38. The number of halogens is 1. The number of nitrogens with one attached hydrogen (secondary N) is 1. The molecule has 0 bridgehead atoms. The third-order valence-electron chi connectivity index (χ3n) is 4.79. The van der Waals surface area contributed by atoms with Gasteiger partial charge in [0.25, 0.3) is 0 Å². The van der Waals surface area contributed by atoms with Crippen LogP contribution in [0.3, 0.4) is 0 Å². The first-order valence-corrected chi connectivity index (χ1v) is 7.95. The summed E-state index contributed by atoms with van der Waals surface area (Å²) in [6, 6.07) is 6.61. The van der Waals surface area contributed by atoms with Crippen LogP contribution in [0.15, 0.2) is 28.8 Å². The van der Waals surface area contributed by atoms with Crippen LogP contribution < -0.4 is 5.32 Å². The van der Waals surface area contributed by atoms with Crippen molar-refractivity contribution in [1.29, 1.82) is 0 Å². The Hall–Kier alpha value is -1.75. The fraction of sp³-hybridized carbons (Fsp3) is 0.529. The lowest BCUT2D eigenvalue weighted by atomic mass is 9.78. The summed E-state index contributed by atoms with van der Waals surface area (Å²) in [6.45, 7) is 5.20. The van der Waals surface area contributed by atoms with Crippen molar-refractivity contribution in [2.45, 2.75) is 45.7 Å². The molecule has 1 aliphatic carbocycles. The predicted molar refractivity (Wildman–Crippen MR) is 82.5 cm³/mol. The van der Waals surface area contributed by atoms with Gasteiger partial charge < -0.3 is 9.84 Å². The van der Waals surface area contributed by atoms with Crippen LogP contribution in [0.1, 0.15) is 39.0 Å². The minimum atomic E-state index is -0.269. The van der Waals surface area contributed by atoms with Crippen LogP contribution in [0.2, 0.25) is 0 Å². The zero-order chi connectivity index (χ0) is 15.5. The van der Waals surface area contributed by atoms with Crippen LogP contribution in [0.25, 0.3) is 11.4 Å². The van der Waals surface area contributed by atoms with E-state index in [9.17, 15) is 4.39 Å². The number of hydrogen-bond donors (Lipinski definition) is 1. The molecule has 0 radical (unpaired) electrons. The molecule has 22 heavy (non-hydrogen) atoms. The first kappa shape index (κ1) is 15.2. The van der Waals surface area contributed by atoms with E-state index in [0.717, 1.165) is 11.5 Å². The molecule has 0 spiro atoms. The van der Waals surface area contributed by atoms with E-state index in [0.29, 0.717) is 30.2 Å². The Labute approximate surface area is 130 Å². The van der Waals surface area contributed by atoms with Gasteiger partial charge in [-0.15, -0.1) is 0 Å². The van der Waals surface area contributed by atoms with E-state index in [1.165, 1.54) is 31.4 Å². The zero-order valence-electron chi connectivity index (χ0n) is 13.1. The Balaban J connectivity index is 1.61. The molecule has 1 aliphatic rings.